The second-order valence-corrected chi connectivity index (χ2v) is 4.09. The molecule has 1 saturated carbocycles. The number of allylic oxidation sites excluding steroid dienone is 1. The molecular formula is C11H14O4. The van der Waals surface area contributed by atoms with Crippen molar-refractivity contribution in [1.82, 2.24) is 0 Å². The van der Waals surface area contributed by atoms with Crippen LogP contribution in [0.2, 0.25) is 0 Å². The number of methoxy groups -OCH3 is 1. The van der Waals surface area contributed by atoms with E-state index in [1.54, 1.807) is 13.8 Å². The molecule has 0 aromatic rings. The van der Waals surface area contributed by atoms with Crippen molar-refractivity contribution in [3.63, 3.8) is 0 Å². The molecule has 0 bridgehead atoms. The number of carbonyl (C=O) groups excluding carboxylic acids is 1. The van der Waals surface area contributed by atoms with Crippen LogP contribution in [0.15, 0.2) is 23.2 Å². The minimum atomic E-state index is -0.882. The third-order valence-corrected chi connectivity index (χ3v) is 2.21. The van der Waals surface area contributed by atoms with Crippen molar-refractivity contribution >= 4 is 5.97 Å². The minimum Gasteiger partial charge on any atom is -0.503 e. The molecule has 2 rings (SSSR count). The lowest BCUT2D eigenvalue weighted by atomic mass is 10.2. The van der Waals surface area contributed by atoms with Gasteiger partial charge in [0.2, 0.25) is 5.79 Å². The molecule has 1 saturated heterocycles. The topological polar surface area (TPSA) is 44.8 Å². The van der Waals surface area contributed by atoms with E-state index in [0.717, 1.165) is 18.4 Å². The molecule has 82 valence electrons. The largest absolute Gasteiger partial charge is 0.503 e. The Hall–Kier alpha value is -1.45. The standard InChI is InChI=1S/C11H14O4/c1-11(2)14-9(7-4-5-7)8(6-13-3)10(12)15-11/h6H,4-5H2,1-3H3/b8-6+. The maximum Gasteiger partial charge on any atom is 0.348 e. The Bertz CT molecular complexity index is 357. The SMILES string of the molecule is CO/C=C1/C(=O)OC(C)(C)OC1=C1CC1. The summed E-state index contributed by atoms with van der Waals surface area (Å²) in [5.41, 5.74) is 1.53. The summed E-state index contributed by atoms with van der Waals surface area (Å²) in [5.74, 6) is -0.631. The first kappa shape index (κ1) is 10.1. The van der Waals surface area contributed by atoms with E-state index in [1.807, 2.05) is 0 Å². The first-order valence-electron chi connectivity index (χ1n) is 4.91. The predicted octanol–water partition coefficient (Wildman–Crippen LogP) is 1.87. The minimum absolute atomic E-state index is 0.379. The molecule has 0 N–H and O–H groups in total. The van der Waals surface area contributed by atoms with E-state index in [4.69, 9.17) is 14.2 Å². The number of ether oxygens (including phenoxy) is 3. The Balaban J connectivity index is 2.36. The molecule has 15 heavy (non-hydrogen) atoms. The number of esters is 1. The van der Waals surface area contributed by atoms with Gasteiger partial charge in [-0.15, -0.1) is 0 Å². The summed E-state index contributed by atoms with van der Waals surface area (Å²) in [5, 5.41) is 0. The van der Waals surface area contributed by atoms with Gasteiger partial charge in [0.25, 0.3) is 0 Å². The number of hydrogen-bond acceptors (Lipinski definition) is 4. The van der Waals surface area contributed by atoms with E-state index in [1.165, 1.54) is 13.4 Å². The van der Waals surface area contributed by atoms with E-state index in [2.05, 4.69) is 0 Å². The van der Waals surface area contributed by atoms with Gasteiger partial charge < -0.3 is 14.2 Å². The molecule has 0 aromatic heterocycles. The van der Waals surface area contributed by atoms with Crippen molar-refractivity contribution in [3.8, 4) is 0 Å². The van der Waals surface area contributed by atoms with Gasteiger partial charge >= 0.3 is 5.97 Å². The normalized spacial score (nSPS) is 26.1. The van der Waals surface area contributed by atoms with Gasteiger partial charge in [-0.3, -0.25) is 0 Å². The van der Waals surface area contributed by atoms with Crippen LogP contribution in [0.4, 0.5) is 0 Å². The van der Waals surface area contributed by atoms with Crippen molar-refractivity contribution in [2.45, 2.75) is 32.5 Å². The third-order valence-electron chi connectivity index (χ3n) is 2.21. The van der Waals surface area contributed by atoms with Crippen molar-refractivity contribution in [3.05, 3.63) is 23.2 Å². The fraction of sp³-hybridized carbons (Fsp3) is 0.545. The Labute approximate surface area is 88.5 Å². The molecule has 0 amide bonds. The first-order chi connectivity index (χ1) is 7.03. The highest BCUT2D eigenvalue weighted by molar-refractivity contribution is 5.94. The van der Waals surface area contributed by atoms with Crippen molar-refractivity contribution in [1.29, 1.82) is 0 Å². The van der Waals surface area contributed by atoms with E-state index < -0.39 is 5.79 Å². The Morgan fingerprint density at radius 2 is 2.00 bits per heavy atom. The summed E-state index contributed by atoms with van der Waals surface area (Å²) in [6.07, 6.45) is 3.34. The van der Waals surface area contributed by atoms with Crippen LogP contribution in [0.5, 0.6) is 0 Å². The molecule has 1 heterocycles. The van der Waals surface area contributed by atoms with Crippen LogP contribution in [0.3, 0.4) is 0 Å². The van der Waals surface area contributed by atoms with Gasteiger partial charge in [0.15, 0.2) is 0 Å². The van der Waals surface area contributed by atoms with Crippen LogP contribution < -0.4 is 0 Å². The van der Waals surface area contributed by atoms with Crippen LogP contribution >= 0.6 is 0 Å². The number of rotatable bonds is 1. The zero-order valence-corrected chi connectivity index (χ0v) is 9.12. The smallest absolute Gasteiger partial charge is 0.348 e. The Kier molecular flexibility index (Phi) is 2.21. The third kappa shape index (κ3) is 1.98. The highest BCUT2D eigenvalue weighted by atomic mass is 16.7. The second kappa shape index (κ2) is 3.29. The van der Waals surface area contributed by atoms with Crippen molar-refractivity contribution in [2.24, 2.45) is 0 Å². The summed E-state index contributed by atoms with van der Waals surface area (Å²) in [6, 6.07) is 0. The monoisotopic (exact) mass is 210 g/mol. The average Bonchev–Trinajstić information content (AvgIpc) is 2.91. The Morgan fingerprint density at radius 1 is 1.33 bits per heavy atom. The molecule has 1 aliphatic carbocycles. The van der Waals surface area contributed by atoms with E-state index in [0.29, 0.717) is 11.3 Å². The molecular weight excluding hydrogens is 196 g/mol. The maximum absolute atomic E-state index is 11.7. The molecule has 4 heteroatoms. The molecule has 1 aliphatic heterocycles. The van der Waals surface area contributed by atoms with Crippen LogP contribution in [0.25, 0.3) is 0 Å². The summed E-state index contributed by atoms with van der Waals surface area (Å²) in [6.45, 7) is 3.44. The second-order valence-electron chi connectivity index (χ2n) is 4.09. The lowest BCUT2D eigenvalue weighted by molar-refractivity contribution is -0.208. The first-order valence-corrected chi connectivity index (χ1v) is 4.91. The van der Waals surface area contributed by atoms with Gasteiger partial charge in [-0.05, 0) is 18.4 Å². The predicted molar refractivity (Wildman–Crippen MR) is 52.6 cm³/mol. The van der Waals surface area contributed by atoms with Crippen molar-refractivity contribution < 1.29 is 19.0 Å². The van der Waals surface area contributed by atoms with Gasteiger partial charge in [-0.2, -0.15) is 0 Å². The molecule has 0 spiro atoms. The summed E-state index contributed by atoms with van der Waals surface area (Å²) in [7, 11) is 1.50. The van der Waals surface area contributed by atoms with Gasteiger partial charge in [-0.25, -0.2) is 4.79 Å². The van der Waals surface area contributed by atoms with Crippen molar-refractivity contribution in [2.75, 3.05) is 7.11 Å². The van der Waals surface area contributed by atoms with Gasteiger partial charge in [0, 0.05) is 13.8 Å². The zero-order valence-electron chi connectivity index (χ0n) is 9.12. The van der Waals surface area contributed by atoms with Gasteiger partial charge in [-0.1, -0.05) is 0 Å². The summed E-state index contributed by atoms with van der Waals surface area (Å²) < 4.78 is 15.6. The summed E-state index contributed by atoms with van der Waals surface area (Å²) in [4.78, 5) is 11.7. The fourth-order valence-electron chi connectivity index (χ4n) is 1.46. The number of carbonyl (C=O) groups is 1. The van der Waals surface area contributed by atoms with Crippen LogP contribution in [0.1, 0.15) is 26.7 Å². The number of cyclic esters (lactones) is 1. The zero-order chi connectivity index (χ0) is 11.1. The van der Waals surface area contributed by atoms with Crippen LogP contribution in [0, 0.1) is 0 Å². The highest BCUT2D eigenvalue weighted by Crippen LogP contribution is 2.40. The molecule has 2 aliphatic rings. The lowest BCUT2D eigenvalue weighted by Crippen LogP contribution is -2.37. The maximum atomic E-state index is 11.7. The van der Waals surface area contributed by atoms with E-state index in [9.17, 15) is 4.79 Å². The number of hydrogen-bond donors (Lipinski definition) is 0. The molecule has 2 fully saturated rings. The van der Waals surface area contributed by atoms with Gasteiger partial charge in [0.1, 0.15) is 17.6 Å². The molecule has 0 unspecified atom stereocenters. The molecule has 0 radical (unpaired) electrons. The Morgan fingerprint density at radius 3 is 2.53 bits per heavy atom. The van der Waals surface area contributed by atoms with Gasteiger partial charge in [0.05, 0.1) is 7.11 Å². The lowest BCUT2D eigenvalue weighted by Gasteiger charge is -2.33. The fourth-order valence-corrected chi connectivity index (χ4v) is 1.46. The average molecular weight is 210 g/mol. The molecule has 0 aromatic carbocycles. The molecule has 0 atom stereocenters. The van der Waals surface area contributed by atoms with Crippen LogP contribution in [-0.2, 0) is 19.0 Å². The molecule has 4 nitrogen and oxygen atoms in total. The van der Waals surface area contributed by atoms with E-state index >= 15 is 0 Å². The quantitative estimate of drug-likeness (QED) is 0.376. The highest BCUT2D eigenvalue weighted by Gasteiger charge is 2.39. The summed E-state index contributed by atoms with van der Waals surface area (Å²) >= 11 is 0. The van der Waals surface area contributed by atoms with Crippen LogP contribution in [-0.4, -0.2) is 18.9 Å². The van der Waals surface area contributed by atoms with E-state index in [-0.39, 0.29) is 5.97 Å².